The molecule has 0 aromatic carbocycles. The normalized spacial score (nSPS) is 41.8. The minimum absolute atomic E-state index is 0.0759. The Labute approximate surface area is 103 Å². The number of aldehydes is 1. The maximum absolute atomic E-state index is 11.0. The molecule has 0 heterocycles. The summed E-state index contributed by atoms with van der Waals surface area (Å²) in [6.45, 7) is 10.2. The maximum Gasteiger partial charge on any atom is 0.145 e. The van der Waals surface area contributed by atoms with Crippen LogP contribution >= 0.6 is 0 Å². The second-order valence-electron chi connectivity index (χ2n) is 5.86. The van der Waals surface area contributed by atoms with Crippen molar-refractivity contribution in [1.82, 2.24) is 0 Å². The average Bonchev–Trinajstić information content (AvgIpc) is 2.33. The number of aliphatic hydroxyl groups excluding tert-OH is 1. The Morgan fingerprint density at radius 3 is 2.82 bits per heavy atom. The Balaban J connectivity index is 2.31. The third-order valence-electron chi connectivity index (χ3n) is 5.01. The van der Waals surface area contributed by atoms with Gasteiger partial charge in [0.25, 0.3) is 0 Å². The molecule has 0 spiro atoms. The molecule has 2 fully saturated rings. The molecule has 0 aliphatic heterocycles. The third-order valence-corrected chi connectivity index (χ3v) is 5.01. The van der Waals surface area contributed by atoms with E-state index in [0.717, 1.165) is 49.5 Å². The highest BCUT2D eigenvalue weighted by Gasteiger charge is 2.49. The van der Waals surface area contributed by atoms with E-state index in [1.165, 1.54) is 0 Å². The highest BCUT2D eigenvalue weighted by atomic mass is 16.3. The predicted molar refractivity (Wildman–Crippen MR) is 68.5 cm³/mol. The van der Waals surface area contributed by atoms with Gasteiger partial charge in [-0.2, -0.15) is 0 Å². The van der Waals surface area contributed by atoms with Gasteiger partial charge < -0.3 is 5.11 Å². The first-order valence-electron chi connectivity index (χ1n) is 6.51. The number of fused-ring (bicyclic) bond motifs is 1. The summed E-state index contributed by atoms with van der Waals surface area (Å²) in [4.78, 5) is 11.0. The molecule has 0 aromatic heterocycles. The van der Waals surface area contributed by atoms with Crippen molar-refractivity contribution in [2.24, 2.45) is 17.3 Å². The van der Waals surface area contributed by atoms with E-state index in [4.69, 9.17) is 0 Å². The lowest BCUT2D eigenvalue weighted by Crippen LogP contribution is -2.46. The van der Waals surface area contributed by atoms with Crippen molar-refractivity contribution >= 4 is 6.29 Å². The number of aliphatic hydroxyl groups is 1. The van der Waals surface area contributed by atoms with Gasteiger partial charge >= 0.3 is 0 Å². The van der Waals surface area contributed by atoms with Gasteiger partial charge in [-0.1, -0.05) is 26.5 Å². The molecule has 17 heavy (non-hydrogen) atoms. The number of allylic oxidation sites excluding steroid dienone is 1. The fourth-order valence-corrected chi connectivity index (χ4v) is 3.94. The second-order valence-corrected chi connectivity index (χ2v) is 5.86. The van der Waals surface area contributed by atoms with Crippen LogP contribution in [0.2, 0.25) is 0 Å². The van der Waals surface area contributed by atoms with Crippen LogP contribution in [0.5, 0.6) is 0 Å². The molecule has 2 nitrogen and oxygen atoms in total. The first-order valence-corrected chi connectivity index (χ1v) is 6.51. The van der Waals surface area contributed by atoms with E-state index in [1.807, 2.05) is 0 Å². The molecule has 4 unspecified atom stereocenters. The smallest absolute Gasteiger partial charge is 0.145 e. The number of carbonyl (C=O) groups excluding carboxylic acids is 1. The monoisotopic (exact) mass is 234 g/mol. The lowest BCUT2D eigenvalue weighted by Gasteiger charge is -2.52. The Morgan fingerprint density at radius 1 is 1.47 bits per heavy atom. The minimum Gasteiger partial charge on any atom is -0.389 e. The van der Waals surface area contributed by atoms with Gasteiger partial charge in [-0.05, 0) is 54.1 Å². The Kier molecular flexibility index (Phi) is 3.26. The second kappa shape index (κ2) is 4.41. The molecule has 2 heteroatoms. The molecule has 2 saturated carbocycles. The lowest BCUT2D eigenvalue weighted by atomic mass is 9.52. The van der Waals surface area contributed by atoms with Crippen molar-refractivity contribution < 1.29 is 9.90 Å². The van der Waals surface area contributed by atoms with Gasteiger partial charge in [-0.3, -0.25) is 4.79 Å². The molecule has 0 aromatic rings. The fraction of sp³-hybridized carbons (Fsp3) is 0.667. The molecule has 0 amide bonds. The molecule has 2 rings (SSSR count). The molecule has 94 valence electrons. The van der Waals surface area contributed by atoms with Crippen LogP contribution in [0.1, 0.15) is 39.0 Å². The van der Waals surface area contributed by atoms with E-state index >= 15 is 0 Å². The molecule has 4 atom stereocenters. The van der Waals surface area contributed by atoms with E-state index in [0.29, 0.717) is 5.92 Å². The summed E-state index contributed by atoms with van der Waals surface area (Å²) in [5, 5.41) is 9.92. The van der Waals surface area contributed by atoms with E-state index in [9.17, 15) is 9.90 Å². The molecule has 2 aliphatic carbocycles. The Bertz CT molecular complexity index is 358. The number of carbonyl (C=O) groups is 1. The van der Waals surface area contributed by atoms with Crippen molar-refractivity contribution in [3.63, 3.8) is 0 Å². The van der Waals surface area contributed by atoms with Gasteiger partial charge in [-0.25, -0.2) is 0 Å². The Morgan fingerprint density at radius 2 is 2.18 bits per heavy atom. The van der Waals surface area contributed by atoms with E-state index in [2.05, 4.69) is 20.1 Å². The van der Waals surface area contributed by atoms with Crippen molar-refractivity contribution in [2.75, 3.05) is 0 Å². The number of hydrogen-bond acceptors (Lipinski definition) is 2. The van der Waals surface area contributed by atoms with Gasteiger partial charge in [0.2, 0.25) is 0 Å². The van der Waals surface area contributed by atoms with Crippen LogP contribution < -0.4 is 0 Å². The van der Waals surface area contributed by atoms with Crippen molar-refractivity contribution in [3.05, 3.63) is 24.3 Å². The molecule has 1 N–H and O–H groups in total. The van der Waals surface area contributed by atoms with Gasteiger partial charge in [-0.15, -0.1) is 0 Å². The van der Waals surface area contributed by atoms with E-state index in [-0.39, 0.29) is 17.4 Å². The first-order chi connectivity index (χ1) is 8.00. The summed E-state index contributed by atoms with van der Waals surface area (Å²) < 4.78 is 0. The maximum atomic E-state index is 11.0. The zero-order valence-corrected chi connectivity index (χ0v) is 10.6. The van der Waals surface area contributed by atoms with Gasteiger partial charge in [0, 0.05) is 0 Å². The number of rotatable bonds is 2. The van der Waals surface area contributed by atoms with Crippen LogP contribution in [0, 0.1) is 17.3 Å². The van der Waals surface area contributed by atoms with E-state index in [1.54, 1.807) is 0 Å². The summed E-state index contributed by atoms with van der Waals surface area (Å²) in [5.74, 6) is 0.615. The van der Waals surface area contributed by atoms with Crippen LogP contribution in [0.4, 0.5) is 0 Å². The average molecular weight is 234 g/mol. The van der Waals surface area contributed by atoms with Crippen LogP contribution in [0.3, 0.4) is 0 Å². The highest BCUT2D eigenvalue weighted by Crippen LogP contribution is 2.56. The van der Waals surface area contributed by atoms with Gasteiger partial charge in [0.1, 0.15) is 6.29 Å². The first kappa shape index (κ1) is 12.6. The topological polar surface area (TPSA) is 37.3 Å². The standard InChI is InChI=1S/C15H22O2/c1-10(9-16)12-5-4-6-13-11(2)14(17)7-8-15(12,13)3/h9,12-14,17H,1-2,4-8H2,3H3. The van der Waals surface area contributed by atoms with Crippen LogP contribution in [0.15, 0.2) is 24.3 Å². The molecule has 0 radical (unpaired) electrons. The quantitative estimate of drug-likeness (QED) is 0.453. The highest BCUT2D eigenvalue weighted by molar-refractivity contribution is 5.73. The summed E-state index contributed by atoms with van der Waals surface area (Å²) in [6, 6.07) is 0. The summed E-state index contributed by atoms with van der Waals surface area (Å²) in [5.41, 5.74) is 1.77. The van der Waals surface area contributed by atoms with Crippen molar-refractivity contribution in [1.29, 1.82) is 0 Å². The van der Waals surface area contributed by atoms with Crippen molar-refractivity contribution in [3.8, 4) is 0 Å². The largest absolute Gasteiger partial charge is 0.389 e. The molecule has 0 saturated heterocycles. The fourth-order valence-electron chi connectivity index (χ4n) is 3.94. The summed E-state index contributed by atoms with van der Waals surface area (Å²) >= 11 is 0. The molecular weight excluding hydrogens is 212 g/mol. The molecule has 2 aliphatic rings. The van der Waals surface area contributed by atoms with E-state index < -0.39 is 0 Å². The minimum atomic E-state index is -0.351. The van der Waals surface area contributed by atoms with Crippen molar-refractivity contribution in [2.45, 2.75) is 45.1 Å². The summed E-state index contributed by atoms with van der Waals surface area (Å²) in [7, 11) is 0. The van der Waals surface area contributed by atoms with Crippen LogP contribution in [-0.2, 0) is 4.79 Å². The SMILES string of the molecule is C=C(C=O)C1CCCC2C(=C)C(O)CCC12C. The van der Waals surface area contributed by atoms with Gasteiger partial charge in [0.15, 0.2) is 0 Å². The third kappa shape index (κ3) is 1.89. The lowest BCUT2D eigenvalue weighted by molar-refractivity contribution is -0.106. The van der Waals surface area contributed by atoms with Crippen LogP contribution in [0.25, 0.3) is 0 Å². The number of hydrogen-bond donors (Lipinski definition) is 1. The predicted octanol–water partition coefficient (Wildman–Crippen LogP) is 2.88. The van der Waals surface area contributed by atoms with Crippen LogP contribution in [-0.4, -0.2) is 17.5 Å². The van der Waals surface area contributed by atoms with Gasteiger partial charge in [0.05, 0.1) is 6.10 Å². The Hall–Kier alpha value is -0.890. The molecule has 0 bridgehead atoms. The zero-order chi connectivity index (χ0) is 12.6. The molecular formula is C15H22O2. The zero-order valence-electron chi connectivity index (χ0n) is 10.6. The summed E-state index contributed by atoms with van der Waals surface area (Å²) in [6.07, 6.45) is 5.54.